The first kappa shape index (κ1) is 16.9. The molecule has 3 rings (SSSR count). The lowest BCUT2D eigenvalue weighted by Gasteiger charge is -2.38. The number of amides is 1. The summed E-state index contributed by atoms with van der Waals surface area (Å²) in [6.07, 6.45) is 5.44. The fraction of sp³-hybridized carbons (Fsp3) is 0.368. The van der Waals surface area contributed by atoms with Gasteiger partial charge in [0.25, 0.3) is 5.91 Å². The number of halogens is 1. The van der Waals surface area contributed by atoms with Crippen LogP contribution in [0.2, 0.25) is 5.02 Å². The number of piperidine rings is 1. The van der Waals surface area contributed by atoms with Gasteiger partial charge in [0.1, 0.15) is 0 Å². The maximum atomic E-state index is 13.1. The van der Waals surface area contributed by atoms with Crippen molar-refractivity contribution in [3.63, 3.8) is 0 Å². The second kappa shape index (κ2) is 7.77. The Morgan fingerprint density at radius 2 is 1.96 bits per heavy atom. The average molecular weight is 344 g/mol. The Bertz CT molecular complexity index is 667. The van der Waals surface area contributed by atoms with Crippen LogP contribution in [-0.4, -0.2) is 41.5 Å². The maximum absolute atomic E-state index is 13.1. The fourth-order valence-corrected chi connectivity index (χ4v) is 3.34. The molecule has 0 aliphatic carbocycles. The third-order valence-corrected chi connectivity index (χ3v) is 4.86. The number of carbonyl (C=O) groups excluding carboxylic acids is 1. The Kier molecular flexibility index (Phi) is 5.48. The highest BCUT2D eigenvalue weighted by atomic mass is 35.5. The van der Waals surface area contributed by atoms with Gasteiger partial charge < -0.3 is 9.80 Å². The van der Waals surface area contributed by atoms with Crippen LogP contribution in [-0.2, 0) is 0 Å². The Labute approximate surface area is 148 Å². The molecule has 2 heterocycles. The predicted octanol–water partition coefficient (Wildman–Crippen LogP) is 3.87. The van der Waals surface area contributed by atoms with Crippen molar-refractivity contribution >= 4 is 23.2 Å². The number of benzene rings is 1. The molecule has 0 bridgehead atoms. The topological polar surface area (TPSA) is 36.4 Å². The maximum Gasteiger partial charge on any atom is 0.258 e. The van der Waals surface area contributed by atoms with Crippen LogP contribution in [0.25, 0.3) is 0 Å². The second-order valence-corrected chi connectivity index (χ2v) is 6.50. The van der Waals surface area contributed by atoms with Crippen molar-refractivity contribution in [3.05, 3.63) is 59.4 Å². The monoisotopic (exact) mass is 343 g/mol. The van der Waals surface area contributed by atoms with Crippen LogP contribution in [0, 0.1) is 0 Å². The molecule has 1 saturated heterocycles. The zero-order valence-electron chi connectivity index (χ0n) is 13.9. The van der Waals surface area contributed by atoms with Gasteiger partial charge in [0.15, 0.2) is 0 Å². The fourth-order valence-electron chi connectivity index (χ4n) is 3.22. The lowest BCUT2D eigenvalue weighted by Crippen LogP contribution is -2.47. The number of hydrogen-bond donors (Lipinski definition) is 0. The molecule has 0 atom stereocenters. The molecule has 0 saturated carbocycles. The number of hydrogen-bond acceptors (Lipinski definition) is 3. The van der Waals surface area contributed by atoms with Crippen molar-refractivity contribution in [2.24, 2.45) is 0 Å². The number of nitrogens with zero attached hydrogens (tertiary/aromatic N) is 3. The van der Waals surface area contributed by atoms with Crippen LogP contribution in [0.15, 0.2) is 48.8 Å². The van der Waals surface area contributed by atoms with Gasteiger partial charge in [0.2, 0.25) is 0 Å². The molecule has 5 heteroatoms. The van der Waals surface area contributed by atoms with E-state index in [-0.39, 0.29) is 11.9 Å². The summed E-state index contributed by atoms with van der Waals surface area (Å²) in [4.78, 5) is 21.7. The molecule has 0 N–H and O–H groups in total. The van der Waals surface area contributed by atoms with E-state index < -0.39 is 0 Å². The zero-order chi connectivity index (χ0) is 16.9. The third kappa shape index (κ3) is 3.77. The van der Waals surface area contributed by atoms with E-state index in [4.69, 9.17) is 11.6 Å². The first-order valence-electron chi connectivity index (χ1n) is 8.40. The van der Waals surface area contributed by atoms with Gasteiger partial charge in [-0.1, -0.05) is 18.5 Å². The SMILES string of the molecule is CCN1CCC(N(C(=O)c2ccc(Cl)cc2)c2cccnc2)CC1. The number of anilines is 1. The van der Waals surface area contributed by atoms with Crippen LogP contribution in [0.3, 0.4) is 0 Å². The number of rotatable bonds is 4. The van der Waals surface area contributed by atoms with Crippen molar-refractivity contribution in [1.82, 2.24) is 9.88 Å². The Hall–Kier alpha value is -1.91. The molecule has 1 aromatic carbocycles. The van der Waals surface area contributed by atoms with Crippen LogP contribution < -0.4 is 4.90 Å². The van der Waals surface area contributed by atoms with Gasteiger partial charge in [-0.05, 0) is 55.8 Å². The van der Waals surface area contributed by atoms with Crippen LogP contribution in [0.1, 0.15) is 30.1 Å². The summed E-state index contributed by atoms with van der Waals surface area (Å²) >= 11 is 5.95. The highest BCUT2D eigenvalue weighted by Gasteiger charge is 2.29. The van der Waals surface area contributed by atoms with E-state index in [0.29, 0.717) is 10.6 Å². The van der Waals surface area contributed by atoms with Gasteiger partial charge in [0, 0.05) is 35.9 Å². The minimum absolute atomic E-state index is 0.00890. The van der Waals surface area contributed by atoms with E-state index in [1.165, 1.54) is 0 Å². The number of likely N-dealkylation sites (tertiary alicyclic amines) is 1. The van der Waals surface area contributed by atoms with Gasteiger partial charge >= 0.3 is 0 Å². The average Bonchev–Trinajstić information content (AvgIpc) is 2.64. The zero-order valence-corrected chi connectivity index (χ0v) is 14.6. The highest BCUT2D eigenvalue weighted by Crippen LogP contribution is 2.25. The number of aromatic nitrogens is 1. The van der Waals surface area contributed by atoms with Crippen molar-refractivity contribution in [3.8, 4) is 0 Å². The molecule has 1 fully saturated rings. The van der Waals surface area contributed by atoms with Gasteiger partial charge in [0.05, 0.1) is 11.9 Å². The molecule has 2 aromatic rings. The number of pyridine rings is 1. The smallest absolute Gasteiger partial charge is 0.258 e. The molecule has 1 aromatic heterocycles. The number of carbonyl (C=O) groups is 1. The standard InChI is InChI=1S/C19H22ClN3O/c1-2-22-12-9-17(10-13-22)23(18-4-3-11-21-14-18)19(24)15-5-7-16(20)8-6-15/h3-8,11,14,17H,2,9-10,12-13H2,1H3. The molecule has 4 nitrogen and oxygen atoms in total. The first-order valence-corrected chi connectivity index (χ1v) is 8.78. The van der Waals surface area contributed by atoms with Crippen molar-refractivity contribution < 1.29 is 4.79 Å². The summed E-state index contributed by atoms with van der Waals surface area (Å²) in [5.41, 5.74) is 1.51. The Morgan fingerprint density at radius 3 is 2.54 bits per heavy atom. The third-order valence-electron chi connectivity index (χ3n) is 4.60. The molecule has 126 valence electrons. The summed E-state index contributed by atoms with van der Waals surface area (Å²) in [7, 11) is 0. The summed E-state index contributed by atoms with van der Waals surface area (Å²) in [6, 6.07) is 11.1. The second-order valence-electron chi connectivity index (χ2n) is 6.06. The molecule has 1 aliphatic heterocycles. The molecular weight excluding hydrogens is 322 g/mol. The summed E-state index contributed by atoms with van der Waals surface area (Å²) in [6.45, 7) is 5.28. The summed E-state index contributed by atoms with van der Waals surface area (Å²) in [5, 5.41) is 0.635. The van der Waals surface area contributed by atoms with Crippen molar-refractivity contribution in [1.29, 1.82) is 0 Å². The quantitative estimate of drug-likeness (QED) is 0.845. The van der Waals surface area contributed by atoms with Gasteiger partial charge in [-0.3, -0.25) is 9.78 Å². The van der Waals surface area contributed by atoms with E-state index in [1.807, 2.05) is 17.0 Å². The molecule has 0 unspecified atom stereocenters. The molecule has 0 spiro atoms. The molecule has 1 aliphatic rings. The van der Waals surface area contributed by atoms with E-state index in [9.17, 15) is 4.79 Å². The minimum Gasteiger partial charge on any atom is -0.304 e. The van der Waals surface area contributed by atoms with Gasteiger partial charge in [-0.15, -0.1) is 0 Å². The van der Waals surface area contributed by atoms with E-state index in [0.717, 1.165) is 38.2 Å². The molecule has 24 heavy (non-hydrogen) atoms. The Balaban J connectivity index is 1.88. The largest absolute Gasteiger partial charge is 0.304 e. The minimum atomic E-state index is 0.00890. The Morgan fingerprint density at radius 1 is 1.25 bits per heavy atom. The van der Waals surface area contributed by atoms with Crippen LogP contribution >= 0.6 is 11.6 Å². The van der Waals surface area contributed by atoms with E-state index in [2.05, 4.69) is 16.8 Å². The molecular formula is C19H22ClN3O. The highest BCUT2D eigenvalue weighted by molar-refractivity contribution is 6.30. The predicted molar refractivity (Wildman–Crippen MR) is 97.6 cm³/mol. The van der Waals surface area contributed by atoms with Gasteiger partial charge in [-0.2, -0.15) is 0 Å². The molecule has 1 amide bonds. The summed E-state index contributed by atoms with van der Waals surface area (Å²) < 4.78 is 0. The van der Waals surface area contributed by atoms with Gasteiger partial charge in [-0.25, -0.2) is 0 Å². The van der Waals surface area contributed by atoms with Crippen molar-refractivity contribution in [2.45, 2.75) is 25.8 Å². The van der Waals surface area contributed by atoms with Crippen molar-refractivity contribution in [2.75, 3.05) is 24.5 Å². The van der Waals surface area contributed by atoms with E-state index in [1.54, 1.807) is 36.7 Å². The lowest BCUT2D eigenvalue weighted by molar-refractivity contribution is 0.0961. The first-order chi connectivity index (χ1) is 11.7. The lowest BCUT2D eigenvalue weighted by atomic mass is 10.0. The molecule has 0 radical (unpaired) electrons. The van der Waals surface area contributed by atoms with Crippen LogP contribution in [0.5, 0.6) is 0 Å². The van der Waals surface area contributed by atoms with Crippen LogP contribution in [0.4, 0.5) is 5.69 Å². The van der Waals surface area contributed by atoms with E-state index >= 15 is 0 Å². The normalized spacial score (nSPS) is 16.1. The summed E-state index contributed by atoms with van der Waals surface area (Å²) in [5.74, 6) is 0.00890.